The van der Waals surface area contributed by atoms with Gasteiger partial charge in [-0.15, -0.1) is 0 Å². The summed E-state index contributed by atoms with van der Waals surface area (Å²) in [5, 5.41) is 2.89. The van der Waals surface area contributed by atoms with Crippen molar-refractivity contribution in [2.45, 2.75) is 38.6 Å². The standard InChI is InChI=1S/C13H21N3O/c1-13(2,14)7-3-12(17)16-10-6-11-4-8-15-9-5-11/h4-5,8-9H,3,6-7,10,14H2,1-2H3,(H,16,17). The second kappa shape index (κ2) is 6.35. The number of aromatic nitrogens is 1. The molecule has 1 rings (SSSR count). The van der Waals surface area contributed by atoms with Crippen molar-refractivity contribution in [1.82, 2.24) is 10.3 Å². The van der Waals surface area contributed by atoms with E-state index in [1.165, 1.54) is 5.56 Å². The van der Waals surface area contributed by atoms with Gasteiger partial charge in [-0.25, -0.2) is 0 Å². The minimum absolute atomic E-state index is 0.0672. The number of hydrogen-bond donors (Lipinski definition) is 2. The van der Waals surface area contributed by atoms with E-state index in [1.54, 1.807) is 12.4 Å². The van der Waals surface area contributed by atoms with Crippen molar-refractivity contribution in [2.24, 2.45) is 5.73 Å². The lowest BCUT2D eigenvalue weighted by Crippen LogP contribution is -2.34. The molecule has 3 N–H and O–H groups in total. The maximum atomic E-state index is 11.5. The molecule has 1 aromatic rings. The number of carbonyl (C=O) groups is 1. The van der Waals surface area contributed by atoms with Crippen LogP contribution in [-0.4, -0.2) is 23.0 Å². The molecular weight excluding hydrogens is 214 g/mol. The van der Waals surface area contributed by atoms with Crippen LogP contribution in [0.5, 0.6) is 0 Å². The van der Waals surface area contributed by atoms with Crippen molar-refractivity contribution >= 4 is 5.91 Å². The zero-order valence-electron chi connectivity index (χ0n) is 10.6. The normalized spacial score (nSPS) is 11.2. The summed E-state index contributed by atoms with van der Waals surface area (Å²) in [5.41, 5.74) is 6.72. The Balaban J connectivity index is 2.17. The summed E-state index contributed by atoms with van der Waals surface area (Å²) in [7, 11) is 0. The summed E-state index contributed by atoms with van der Waals surface area (Å²) < 4.78 is 0. The molecule has 17 heavy (non-hydrogen) atoms. The summed E-state index contributed by atoms with van der Waals surface area (Å²) in [4.78, 5) is 15.4. The van der Waals surface area contributed by atoms with Gasteiger partial charge in [-0.1, -0.05) is 0 Å². The Labute approximate surface area is 103 Å². The lowest BCUT2D eigenvalue weighted by molar-refractivity contribution is -0.121. The van der Waals surface area contributed by atoms with E-state index in [-0.39, 0.29) is 11.4 Å². The lowest BCUT2D eigenvalue weighted by Gasteiger charge is -2.17. The Hall–Kier alpha value is -1.42. The quantitative estimate of drug-likeness (QED) is 0.780. The van der Waals surface area contributed by atoms with Gasteiger partial charge in [0.2, 0.25) is 5.91 Å². The molecule has 0 radical (unpaired) electrons. The molecule has 0 aliphatic carbocycles. The first kappa shape index (κ1) is 13.6. The van der Waals surface area contributed by atoms with E-state index >= 15 is 0 Å². The number of nitrogens with zero attached hydrogens (tertiary/aromatic N) is 1. The van der Waals surface area contributed by atoms with Crippen LogP contribution in [0, 0.1) is 0 Å². The zero-order chi connectivity index (χ0) is 12.7. The lowest BCUT2D eigenvalue weighted by atomic mass is 10.00. The first-order valence-electron chi connectivity index (χ1n) is 5.92. The van der Waals surface area contributed by atoms with Gasteiger partial charge in [0.15, 0.2) is 0 Å². The van der Waals surface area contributed by atoms with Crippen molar-refractivity contribution in [3.63, 3.8) is 0 Å². The second-order valence-electron chi connectivity index (χ2n) is 4.94. The molecule has 94 valence electrons. The summed E-state index contributed by atoms with van der Waals surface area (Å²) >= 11 is 0. The van der Waals surface area contributed by atoms with Crippen LogP contribution in [0.1, 0.15) is 32.3 Å². The van der Waals surface area contributed by atoms with Crippen LogP contribution in [-0.2, 0) is 11.2 Å². The fourth-order valence-electron chi connectivity index (χ4n) is 1.42. The summed E-state index contributed by atoms with van der Waals surface area (Å²) in [5.74, 6) is 0.0672. The molecule has 0 aliphatic rings. The molecule has 1 amide bonds. The molecule has 0 aliphatic heterocycles. The maximum absolute atomic E-state index is 11.5. The zero-order valence-corrected chi connectivity index (χ0v) is 10.6. The molecule has 0 spiro atoms. The second-order valence-corrected chi connectivity index (χ2v) is 4.94. The minimum Gasteiger partial charge on any atom is -0.356 e. The van der Waals surface area contributed by atoms with E-state index in [0.717, 1.165) is 6.42 Å². The maximum Gasteiger partial charge on any atom is 0.220 e. The van der Waals surface area contributed by atoms with Gasteiger partial charge in [-0.2, -0.15) is 0 Å². The highest BCUT2D eigenvalue weighted by molar-refractivity contribution is 5.75. The molecule has 0 fully saturated rings. The van der Waals surface area contributed by atoms with Crippen LogP contribution < -0.4 is 11.1 Å². The highest BCUT2D eigenvalue weighted by Gasteiger charge is 2.12. The van der Waals surface area contributed by atoms with Crippen LogP contribution in [0.15, 0.2) is 24.5 Å². The molecule has 4 heteroatoms. The fraction of sp³-hybridized carbons (Fsp3) is 0.538. The van der Waals surface area contributed by atoms with Gasteiger partial charge in [0.05, 0.1) is 0 Å². The van der Waals surface area contributed by atoms with Crippen molar-refractivity contribution in [2.75, 3.05) is 6.54 Å². The van der Waals surface area contributed by atoms with E-state index < -0.39 is 0 Å². The number of carbonyl (C=O) groups excluding carboxylic acids is 1. The summed E-state index contributed by atoms with van der Waals surface area (Å²) in [6.07, 6.45) is 5.54. The van der Waals surface area contributed by atoms with Gasteiger partial charge >= 0.3 is 0 Å². The van der Waals surface area contributed by atoms with Crippen LogP contribution in [0.25, 0.3) is 0 Å². The monoisotopic (exact) mass is 235 g/mol. The topological polar surface area (TPSA) is 68.0 Å². The highest BCUT2D eigenvalue weighted by Crippen LogP contribution is 2.06. The molecule has 0 bridgehead atoms. The Morgan fingerprint density at radius 2 is 2.06 bits per heavy atom. The van der Waals surface area contributed by atoms with Gasteiger partial charge in [0, 0.05) is 30.9 Å². The largest absolute Gasteiger partial charge is 0.356 e. The van der Waals surface area contributed by atoms with Gasteiger partial charge in [-0.3, -0.25) is 9.78 Å². The molecule has 0 aromatic carbocycles. The van der Waals surface area contributed by atoms with Crippen molar-refractivity contribution in [1.29, 1.82) is 0 Å². The first-order chi connectivity index (χ1) is 7.97. The average molecular weight is 235 g/mol. The summed E-state index contributed by atoms with van der Waals surface area (Å²) in [6.45, 7) is 4.52. The van der Waals surface area contributed by atoms with Gasteiger partial charge in [0.1, 0.15) is 0 Å². The van der Waals surface area contributed by atoms with Crippen LogP contribution in [0.2, 0.25) is 0 Å². The molecule has 0 unspecified atom stereocenters. The highest BCUT2D eigenvalue weighted by atomic mass is 16.1. The molecule has 1 aromatic heterocycles. The van der Waals surface area contributed by atoms with Crippen LogP contribution in [0.3, 0.4) is 0 Å². The average Bonchev–Trinajstić information content (AvgIpc) is 2.27. The number of rotatable bonds is 6. The molecular formula is C13H21N3O. The number of amides is 1. The third-order valence-electron chi connectivity index (χ3n) is 2.48. The van der Waals surface area contributed by atoms with E-state index in [1.807, 2.05) is 26.0 Å². The number of hydrogen-bond acceptors (Lipinski definition) is 3. The Bertz CT molecular complexity index is 343. The minimum atomic E-state index is -0.275. The third-order valence-corrected chi connectivity index (χ3v) is 2.48. The number of nitrogens with two attached hydrogens (primary N) is 1. The summed E-state index contributed by atoms with van der Waals surface area (Å²) in [6, 6.07) is 3.91. The fourth-order valence-corrected chi connectivity index (χ4v) is 1.42. The van der Waals surface area contributed by atoms with Crippen LogP contribution >= 0.6 is 0 Å². The van der Waals surface area contributed by atoms with E-state index in [4.69, 9.17) is 5.73 Å². The first-order valence-corrected chi connectivity index (χ1v) is 5.92. The van der Waals surface area contributed by atoms with Crippen LogP contribution in [0.4, 0.5) is 0 Å². The Kier molecular flexibility index (Phi) is 5.10. The van der Waals surface area contributed by atoms with E-state index in [0.29, 0.717) is 19.4 Å². The van der Waals surface area contributed by atoms with Crippen molar-refractivity contribution in [3.05, 3.63) is 30.1 Å². The van der Waals surface area contributed by atoms with Crippen molar-refractivity contribution in [3.8, 4) is 0 Å². The number of pyridine rings is 1. The smallest absolute Gasteiger partial charge is 0.220 e. The molecule has 0 saturated heterocycles. The third kappa shape index (κ3) is 6.68. The molecule has 1 heterocycles. The van der Waals surface area contributed by atoms with Gasteiger partial charge < -0.3 is 11.1 Å². The van der Waals surface area contributed by atoms with E-state index in [2.05, 4.69) is 10.3 Å². The number of nitrogens with one attached hydrogen (secondary N) is 1. The molecule has 0 atom stereocenters. The Morgan fingerprint density at radius 3 is 2.65 bits per heavy atom. The van der Waals surface area contributed by atoms with Crippen molar-refractivity contribution < 1.29 is 4.79 Å². The van der Waals surface area contributed by atoms with Gasteiger partial charge in [-0.05, 0) is 44.4 Å². The predicted molar refractivity (Wildman–Crippen MR) is 68.5 cm³/mol. The predicted octanol–water partition coefficient (Wildman–Crippen LogP) is 1.26. The molecule has 4 nitrogen and oxygen atoms in total. The SMILES string of the molecule is CC(C)(N)CCC(=O)NCCc1ccncc1. The van der Waals surface area contributed by atoms with E-state index in [9.17, 15) is 4.79 Å². The molecule has 0 saturated carbocycles. The Morgan fingerprint density at radius 1 is 1.41 bits per heavy atom. The van der Waals surface area contributed by atoms with Gasteiger partial charge in [0.25, 0.3) is 0 Å².